The zero-order valence-corrected chi connectivity index (χ0v) is 12.7. The van der Waals surface area contributed by atoms with Crippen molar-refractivity contribution in [3.05, 3.63) is 71.3 Å². The lowest BCUT2D eigenvalue weighted by molar-refractivity contribution is 0.182. The van der Waals surface area contributed by atoms with Gasteiger partial charge in [0.1, 0.15) is 0 Å². The van der Waals surface area contributed by atoms with Crippen molar-refractivity contribution in [3.8, 4) is 0 Å². The van der Waals surface area contributed by atoms with Crippen LogP contribution < -0.4 is 5.73 Å². The van der Waals surface area contributed by atoms with Gasteiger partial charge in [0.15, 0.2) is 0 Å². The van der Waals surface area contributed by atoms with Crippen LogP contribution in [0.2, 0.25) is 0 Å². The summed E-state index contributed by atoms with van der Waals surface area (Å²) in [7, 11) is 1.73. The molecule has 2 rings (SSSR count). The molecule has 3 nitrogen and oxygen atoms in total. The monoisotopic (exact) mass is 284 g/mol. The van der Waals surface area contributed by atoms with E-state index in [4.69, 9.17) is 10.5 Å². The number of hydrogen-bond acceptors (Lipinski definition) is 3. The summed E-state index contributed by atoms with van der Waals surface area (Å²) >= 11 is 0. The molecule has 0 heterocycles. The van der Waals surface area contributed by atoms with Gasteiger partial charge in [0.05, 0.1) is 6.61 Å². The predicted molar refractivity (Wildman–Crippen MR) is 86.8 cm³/mol. The first kappa shape index (κ1) is 15.7. The summed E-state index contributed by atoms with van der Waals surface area (Å²) in [6.07, 6.45) is 0. The summed E-state index contributed by atoms with van der Waals surface area (Å²) in [6, 6.07) is 19.0. The van der Waals surface area contributed by atoms with E-state index in [0.29, 0.717) is 13.2 Å². The first-order valence-corrected chi connectivity index (χ1v) is 7.35. The first-order valence-electron chi connectivity index (χ1n) is 7.35. The third-order valence-electron chi connectivity index (χ3n) is 3.51. The second-order valence-electron chi connectivity index (χ2n) is 5.19. The molecule has 0 saturated carbocycles. The maximum atomic E-state index is 5.77. The molecule has 0 aliphatic rings. The fourth-order valence-corrected chi connectivity index (χ4v) is 2.49. The molecule has 0 aliphatic carbocycles. The van der Waals surface area contributed by atoms with E-state index in [1.807, 2.05) is 6.07 Å². The van der Waals surface area contributed by atoms with Gasteiger partial charge >= 0.3 is 0 Å². The molecule has 2 aromatic rings. The highest BCUT2D eigenvalue weighted by molar-refractivity contribution is 5.26. The zero-order chi connectivity index (χ0) is 14.9. The van der Waals surface area contributed by atoms with E-state index in [9.17, 15) is 0 Å². The van der Waals surface area contributed by atoms with Crippen LogP contribution in [0.4, 0.5) is 0 Å². The van der Waals surface area contributed by atoms with Crippen molar-refractivity contribution in [1.29, 1.82) is 0 Å². The highest BCUT2D eigenvalue weighted by atomic mass is 16.5. The molecule has 0 fully saturated rings. The van der Waals surface area contributed by atoms with E-state index in [2.05, 4.69) is 53.4 Å². The summed E-state index contributed by atoms with van der Waals surface area (Å²) in [5.41, 5.74) is 9.64. The maximum Gasteiger partial charge on any atom is 0.0716 e. The van der Waals surface area contributed by atoms with E-state index in [0.717, 1.165) is 19.6 Å². The highest BCUT2D eigenvalue weighted by Gasteiger charge is 2.09. The summed E-state index contributed by atoms with van der Waals surface area (Å²) in [4.78, 5) is 2.38. The van der Waals surface area contributed by atoms with Crippen molar-refractivity contribution in [3.63, 3.8) is 0 Å². The van der Waals surface area contributed by atoms with E-state index < -0.39 is 0 Å². The van der Waals surface area contributed by atoms with Crippen LogP contribution in [0.3, 0.4) is 0 Å². The molecule has 3 heteroatoms. The smallest absolute Gasteiger partial charge is 0.0716 e. The Morgan fingerprint density at radius 1 is 0.905 bits per heavy atom. The van der Waals surface area contributed by atoms with Gasteiger partial charge in [-0.1, -0.05) is 54.6 Å². The minimum absolute atomic E-state index is 0.651. The lowest BCUT2D eigenvalue weighted by atomic mass is 10.1. The van der Waals surface area contributed by atoms with Crippen molar-refractivity contribution in [1.82, 2.24) is 4.90 Å². The van der Waals surface area contributed by atoms with Crippen LogP contribution >= 0.6 is 0 Å². The number of ether oxygens (including phenoxy) is 1. The number of rotatable bonds is 8. The van der Waals surface area contributed by atoms with Gasteiger partial charge in [0, 0.05) is 33.3 Å². The van der Waals surface area contributed by atoms with Gasteiger partial charge in [0.2, 0.25) is 0 Å². The molecule has 0 saturated heterocycles. The average molecular weight is 284 g/mol. The van der Waals surface area contributed by atoms with Crippen molar-refractivity contribution >= 4 is 0 Å². The largest absolute Gasteiger partial charge is 0.380 e. The normalized spacial score (nSPS) is 11.0. The lowest BCUT2D eigenvalue weighted by Crippen LogP contribution is -2.29. The molecule has 112 valence electrons. The standard InChI is InChI=1S/C18H24N2O/c1-21-15-18-10-6-5-9-17(18)14-20(12-11-19)13-16-7-3-2-4-8-16/h2-10H,11-15,19H2,1H3. The fraction of sp³-hybridized carbons (Fsp3) is 0.333. The second-order valence-corrected chi connectivity index (χ2v) is 5.19. The van der Waals surface area contributed by atoms with Gasteiger partial charge in [-0.15, -0.1) is 0 Å². The number of benzene rings is 2. The van der Waals surface area contributed by atoms with E-state index in [-0.39, 0.29) is 0 Å². The molecule has 0 unspecified atom stereocenters. The topological polar surface area (TPSA) is 38.5 Å². The third-order valence-corrected chi connectivity index (χ3v) is 3.51. The number of nitrogens with two attached hydrogens (primary N) is 1. The highest BCUT2D eigenvalue weighted by Crippen LogP contribution is 2.14. The van der Waals surface area contributed by atoms with Crippen LogP contribution in [-0.4, -0.2) is 25.1 Å². The molecule has 2 aromatic carbocycles. The summed E-state index contributed by atoms with van der Waals surface area (Å²) in [6.45, 7) is 4.01. The van der Waals surface area contributed by atoms with Crippen LogP contribution in [-0.2, 0) is 24.4 Å². The Bertz CT molecular complexity index is 528. The van der Waals surface area contributed by atoms with Gasteiger partial charge in [-0.05, 0) is 16.7 Å². The summed E-state index contributed by atoms with van der Waals surface area (Å²) in [5, 5.41) is 0. The zero-order valence-electron chi connectivity index (χ0n) is 12.7. The predicted octanol–water partition coefficient (Wildman–Crippen LogP) is 2.79. The van der Waals surface area contributed by atoms with Crippen molar-refractivity contribution < 1.29 is 4.74 Å². The number of nitrogens with zero attached hydrogens (tertiary/aromatic N) is 1. The molecular formula is C18H24N2O. The van der Waals surface area contributed by atoms with Crippen LogP contribution in [0.1, 0.15) is 16.7 Å². The quantitative estimate of drug-likeness (QED) is 0.810. The minimum Gasteiger partial charge on any atom is -0.380 e. The Hall–Kier alpha value is -1.68. The maximum absolute atomic E-state index is 5.77. The van der Waals surface area contributed by atoms with Crippen molar-refractivity contribution in [2.75, 3.05) is 20.2 Å². The second kappa shape index (κ2) is 8.57. The molecule has 0 amide bonds. The van der Waals surface area contributed by atoms with Crippen molar-refractivity contribution in [2.45, 2.75) is 19.7 Å². The third kappa shape index (κ3) is 4.97. The average Bonchev–Trinajstić information content (AvgIpc) is 2.51. The minimum atomic E-state index is 0.651. The molecule has 0 atom stereocenters. The number of methoxy groups -OCH3 is 1. The van der Waals surface area contributed by atoms with Gasteiger partial charge in [-0.2, -0.15) is 0 Å². The van der Waals surface area contributed by atoms with E-state index in [1.54, 1.807) is 7.11 Å². The molecule has 0 aromatic heterocycles. The SMILES string of the molecule is COCc1ccccc1CN(CCN)Cc1ccccc1. The molecule has 2 N–H and O–H groups in total. The summed E-state index contributed by atoms with van der Waals surface area (Å²) in [5.74, 6) is 0. The molecule has 0 spiro atoms. The Kier molecular flexibility index (Phi) is 6.41. The van der Waals surface area contributed by atoms with E-state index in [1.165, 1.54) is 16.7 Å². The fourth-order valence-electron chi connectivity index (χ4n) is 2.49. The molecule has 0 aliphatic heterocycles. The van der Waals surface area contributed by atoms with Crippen LogP contribution in [0.25, 0.3) is 0 Å². The molecule has 0 radical (unpaired) electrons. The van der Waals surface area contributed by atoms with Gasteiger partial charge in [-0.3, -0.25) is 4.90 Å². The Morgan fingerprint density at radius 3 is 2.24 bits per heavy atom. The molecule has 0 bridgehead atoms. The van der Waals surface area contributed by atoms with Crippen LogP contribution in [0.15, 0.2) is 54.6 Å². The lowest BCUT2D eigenvalue weighted by Gasteiger charge is -2.23. The van der Waals surface area contributed by atoms with Crippen LogP contribution in [0, 0.1) is 0 Å². The Balaban J connectivity index is 2.09. The van der Waals surface area contributed by atoms with Crippen LogP contribution in [0.5, 0.6) is 0 Å². The Labute approximate surface area is 127 Å². The molecule has 21 heavy (non-hydrogen) atoms. The van der Waals surface area contributed by atoms with Gasteiger partial charge in [0.25, 0.3) is 0 Å². The first-order chi connectivity index (χ1) is 10.3. The summed E-state index contributed by atoms with van der Waals surface area (Å²) < 4.78 is 5.29. The van der Waals surface area contributed by atoms with Gasteiger partial charge in [-0.25, -0.2) is 0 Å². The molecular weight excluding hydrogens is 260 g/mol. The number of hydrogen-bond donors (Lipinski definition) is 1. The van der Waals surface area contributed by atoms with E-state index >= 15 is 0 Å². The van der Waals surface area contributed by atoms with Crippen molar-refractivity contribution in [2.24, 2.45) is 5.73 Å². The Morgan fingerprint density at radius 2 is 1.57 bits per heavy atom. The van der Waals surface area contributed by atoms with Gasteiger partial charge < -0.3 is 10.5 Å².